The van der Waals surface area contributed by atoms with Crippen LogP contribution in [0.25, 0.3) is 0 Å². The van der Waals surface area contributed by atoms with E-state index in [9.17, 15) is 8.42 Å². The summed E-state index contributed by atoms with van der Waals surface area (Å²) in [6.45, 7) is 0. The van der Waals surface area contributed by atoms with Crippen molar-refractivity contribution in [2.24, 2.45) is 0 Å². The van der Waals surface area contributed by atoms with E-state index in [1.54, 1.807) is 11.9 Å². The topological polar surface area (TPSA) is 37.4 Å². The summed E-state index contributed by atoms with van der Waals surface area (Å²) in [4.78, 5) is 1.74. The summed E-state index contributed by atoms with van der Waals surface area (Å²) in [5.74, 6) is 0.489. The molecule has 1 fully saturated rings. The molecule has 0 aliphatic carbocycles. The molecule has 0 unspecified atom stereocenters. The van der Waals surface area contributed by atoms with Crippen molar-refractivity contribution in [1.82, 2.24) is 4.90 Å². The second-order valence-corrected chi connectivity index (χ2v) is 6.29. The smallest absolute Gasteiger partial charge is 0.152 e. The summed E-state index contributed by atoms with van der Waals surface area (Å²) in [5.41, 5.74) is 0. The molecular weight excluding hydrogens is 214 g/mol. The molecule has 0 radical (unpaired) electrons. The molecule has 12 heavy (non-hydrogen) atoms. The van der Waals surface area contributed by atoms with E-state index < -0.39 is 9.84 Å². The molecule has 1 saturated heterocycles. The lowest BCUT2D eigenvalue weighted by atomic mass is 10.2. The predicted molar refractivity (Wildman–Crippen MR) is 56.4 cm³/mol. The molecule has 1 atom stereocenters. The van der Waals surface area contributed by atoms with Gasteiger partial charge in [0.15, 0.2) is 9.84 Å². The third-order valence-corrected chi connectivity index (χ3v) is 4.41. The fourth-order valence-corrected chi connectivity index (χ4v) is 3.32. The number of thiol groups is 1. The van der Waals surface area contributed by atoms with Gasteiger partial charge in [-0.1, -0.05) is 12.2 Å². The fourth-order valence-electron chi connectivity index (χ4n) is 1.24. The third-order valence-electron chi connectivity index (χ3n) is 2.06. The van der Waals surface area contributed by atoms with E-state index in [4.69, 9.17) is 12.2 Å². The van der Waals surface area contributed by atoms with Crippen LogP contribution in [0.4, 0.5) is 0 Å². The van der Waals surface area contributed by atoms with Gasteiger partial charge in [0.05, 0.1) is 11.5 Å². The SMILES string of the molecule is CN(C(=S)S)[C@H]1CCS(=O)(=O)C1. The number of nitrogens with zero attached hydrogens (tertiary/aromatic N) is 1. The average Bonchev–Trinajstić information content (AvgIpc) is 2.28. The van der Waals surface area contributed by atoms with Gasteiger partial charge in [0.25, 0.3) is 0 Å². The molecule has 0 amide bonds. The van der Waals surface area contributed by atoms with Gasteiger partial charge in [-0.25, -0.2) is 8.42 Å². The van der Waals surface area contributed by atoms with Crippen LogP contribution in [0.1, 0.15) is 6.42 Å². The molecule has 3 nitrogen and oxygen atoms in total. The van der Waals surface area contributed by atoms with Crippen LogP contribution in [0, 0.1) is 0 Å². The maximum atomic E-state index is 11.1. The molecule has 1 aliphatic heterocycles. The highest BCUT2D eigenvalue weighted by molar-refractivity contribution is 8.10. The van der Waals surface area contributed by atoms with Gasteiger partial charge in [-0.2, -0.15) is 0 Å². The Hall–Kier alpha value is 0.190. The molecule has 70 valence electrons. The van der Waals surface area contributed by atoms with E-state index in [2.05, 4.69) is 12.6 Å². The molecule has 1 rings (SSSR count). The lowest BCUT2D eigenvalue weighted by Crippen LogP contribution is -2.34. The number of sulfone groups is 1. The standard InChI is InChI=1S/C6H11NO2S3/c1-7(6(10)11)5-2-3-12(8,9)4-5/h5H,2-4H2,1H3,(H,10,11)/t5-/m0/s1. The van der Waals surface area contributed by atoms with E-state index in [1.807, 2.05) is 0 Å². The number of rotatable bonds is 1. The first-order chi connectivity index (χ1) is 5.42. The van der Waals surface area contributed by atoms with Crippen molar-refractivity contribution in [3.63, 3.8) is 0 Å². The highest BCUT2D eigenvalue weighted by Gasteiger charge is 2.30. The summed E-state index contributed by atoms with van der Waals surface area (Å²) in [6, 6.07) is 0.0278. The van der Waals surface area contributed by atoms with E-state index in [0.717, 1.165) is 0 Å². The van der Waals surface area contributed by atoms with Crippen molar-refractivity contribution < 1.29 is 8.42 Å². The average molecular weight is 225 g/mol. The highest BCUT2D eigenvalue weighted by Crippen LogP contribution is 2.17. The van der Waals surface area contributed by atoms with Gasteiger partial charge < -0.3 is 4.90 Å². The third kappa shape index (κ3) is 2.34. The zero-order chi connectivity index (χ0) is 9.35. The van der Waals surface area contributed by atoms with Crippen molar-refractivity contribution in [2.45, 2.75) is 12.5 Å². The van der Waals surface area contributed by atoms with Crippen LogP contribution in [0.2, 0.25) is 0 Å². The van der Waals surface area contributed by atoms with Crippen molar-refractivity contribution in [1.29, 1.82) is 0 Å². The molecule has 1 aliphatic rings. The Bertz CT molecular complexity index is 285. The van der Waals surface area contributed by atoms with Crippen LogP contribution < -0.4 is 0 Å². The number of thiocarbonyl (C=S) groups is 1. The van der Waals surface area contributed by atoms with E-state index >= 15 is 0 Å². The van der Waals surface area contributed by atoms with Gasteiger partial charge in [0.2, 0.25) is 0 Å². The molecule has 0 aromatic rings. The number of hydrogen-bond donors (Lipinski definition) is 1. The van der Waals surface area contributed by atoms with Crippen molar-refractivity contribution in [3.05, 3.63) is 0 Å². The summed E-state index contributed by atoms with van der Waals surface area (Å²) < 4.78 is 22.6. The highest BCUT2D eigenvalue weighted by atomic mass is 32.2. The Kier molecular flexibility index (Phi) is 3.01. The van der Waals surface area contributed by atoms with Gasteiger partial charge in [-0.15, -0.1) is 12.6 Å². The molecule has 6 heteroatoms. The molecule has 0 spiro atoms. The zero-order valence-electron chi connectivity index (χ0n) is 6.73. The van der Waals surface area contributed by atoms with Crippen molar-refractivity contribution >= 4 is 39.0 Å². The van der Waals surface area contributed by atoms with E-state index in [-0.39, 0.29) is 17.5 Å². The normalized spacial score (nSPS) is 27.0. The van der Waals surface area contributed by atoms with Gasteiger partial charge in [0, 0.05) is 13.1 Å². The maximum Gasteiger partial charge on any atom is 0.152 e. The predicted octanol–water partition coefficient (Wildman–Crippen LogP) is 0.320. The van der Waals surface area contributed by atoms with Gasteiger partial charge in [-0.3, -0.25) is 0 Å². The first kappa shape index (κ1) is 10.3. The van der Waals surface area contributed by atoms with Gasteiger partial charge in [0.1, 0.15) is 4.32 Å². The first-order valence-corrected chi connectivity index (χ1v) is 6.26. The van der Waals surface area contributed by atoms with Crippen LogP contribution in [-0.4, -0.2) is 42.2 Å². The molecule has 0 N–H and O–H groups in total. The maximum absolute atomic E-state index is 11.1. The minimum absolute atomic E-state index is 0.0278. The van der Waals surface area contributed by atoms with Crippen LogP contribution in [0.5, 0.6) is 0 Å². The lowest BCUT2D eigenvalue weighted by Gasteiger charge is -2.22. The van der Waals surface area contributed by atoms with Crippen LogP contribution >= 0.6 is 24.8 Å². The monoisotopic (exact) mass is 225 g/mol. The van der Waals surface area contributed by atoms with Gasteiger partial charge in [-0.05, 0) is 6.42 Å². The quantitative estimate of drug-likeness (QED) is 0.515. The zero-order valence-corrected chi connectivity index (χ0v) is 9.25. The van der Waals surface area contributed by atoms with Crippen LogP contribution in [0.15, 0.2) is 0 Å². The molecule has 0 saturated carbocycles. The van der Waals surface area contributed by atoms with E-state index in [0.29, 0.717) is 10.7 Å². The fraction of sp³-hybridized carbons (Fsp3) is 0.833. The van der Waals surface area contributed by atoms with Gasteiger partial charge >= 0.3 is 0 Å². The second kappa shape index (κ2) is 3.51. The minimum atomic E-state index is -2.81. The largest absolute Gasteiger partial charge is 0.357 e. The molecule has 1 heterocycles. The van der Waals surface area contributed by atoms with Crippen LogP contribution in [0.3, 0.4) is 0 Å². The Labute approximate surface area is 83.5 Å². The Balaban J connectivity index is 2.64. The summed E-state index contributed by atoms with van der Waals surface area (Å²) in [6.07, 6.45) is 0.666. The Morgan fingerprint density at radius 1 is 1.67 bits per heavy atom. The lowest BCUT2D eigenvalue weighted by molar-refractivity contribution is 0.409. The second-order valence-electron chi connectivity index (χ2n) is 2.95. The first-order valence-electron chi connectivity index (χ1n) is 3.58. The summed E-state index contributed by atoms with van der Waals surface area (Å²) in [7, 11) is -1.03. The number of hydrogen-bond acceptors (Lipinski definition) is 3. The van der Waals surface area contributed by atoms with Crippen molar-refractivity contribution in [2.75, 3.05) is 18.6 Å². The molecule has 0 aromatic carbocycles. The van der Waals surface area contributed by atoms with Crippen LogP contribution in [-0.2, 0) is 9.84 Å². The Morgan fingerprint density at radius 3 is 2.58 bits per heavy atom. The van der Waals surface area contributed by atoms with Crippen molar-refractivity contribution in [3.8, 4) is 0 Å². The molecular formula is C6H11NO2S3. The summed E-state index contributed by atoms with van der Waals surface area (Å²) >= 11 is 8.81. The summed E-state index contributed by atoms with van der Waals surface area (Å²) in [5, 5.41) is 0. The molecule has 0 bridgehead atoms. The van der Waals surface area contributed by atoms with E-state index in [1.165, 1.54) is 0 Å². The minimum Gasteiger partial charge on any atom is -0.357 e. The molecule has 0 aromatic heterocycles. The Morgan fingerprint density at radius 2 is 2.25 bits per heavy atom.